The lowest BCUT2D eigenvalue weighted by atomic mass is 10.4. The third kappa shape index (κ3) is 3.51. The van der Waals surface area contributed by atoms with Crippen molar-refractivity contribution in [3.8, 4) is 0 Å². The second kappa shape index (κ2) is 5.70. The van der Waals surface area contributed by atoms with Gasteiger partial charge in [0.25, 0.3) is 0 Å². The standard InChI is InChI=1S/C10H21N5/c1-5-15(6-2)8-7-14(4)10-11-9(3)12-13-10/h5-8H2,1-4H3,(H,11,12,13). The lowest BCUT2D eigenvalue weighted by molar-refractivity contribution is 0.310. The molecule has 5 nitrogen and oxygen atoms in total. The smallest absolute Gasteiger partial charge is 0.224 e. The summed E-state index contributed by atoms with van der Waals surface area (Å²) >= 11 is 0. The number of hydrogen-bond acceptors (Lipinski definition) is 4. The van der Waals surface area contributed by atoms with E-state index in [1.807, 2.05) is 14.0 Å². The quantitative estimate of drug-likeness (QED) is 0.759. The molecule has 1 aromatic rings. The van der Waals surface area contributed by atoms with Gasteiger partial charge in [-0.05, 0) is 20.0 Å². The molecule has 0 aromatic carbocycles. The molecule has 0 fully saturated rings. The van der Waals surface area contributed by atoms with Crippen LogP contribution in [0, 0.1) is 6.92 Å². The van der Waals surface area contributed by atoms with Crippen molar-refractivity contribution in [2.24, 2.45) is 0 Å². The third-order valence-electron chi connectivity index (χ3n) is 2.60. The highest BCUT2D eigenvalue weighted by Gasteiger charge is 2.06. The minimum atomic E-state index is 0.847. The maximum absolute atomic E-state index is 4.05. The molecule has 0 aliphatic rings. The van der Waals surface area contributed by atoms with Crippen LogP contribution in [-0.2, 0) is 0 Å². The largest absolute Gasteiger partial charge is 0.343 e. The van der Waals surface area contributed by atoms with Crippen LogP contribution in [-0.4, -0.2) is 53.3 Å². The van der Waals surface area contributed by atoms with Crippen molar-refractivity contribution in [3.05, 3.63) is 5.82 Å². The molecule has 1 rings (SSSR count). The van der Waals surface area contributed by atoms with Gasteiger partial charge in [0, 0.05) is 20.1 Å². The van der Waals surface area contributed by atoms with E-state index in [0.29, 0.717) is 0 Å². The molecule has 0 saturated carbocycles. The second-order valence-corrected chi connectivity index (χ2v) is 3.68. The highest BCUT2D eigenvalue weighted by molar-refractivity contribution is 5.26. The summed E-state index contributed by atoms with van der Waals surface area (Å²) in [5.41, 5.74) is 0. The Morgan fingerprint density at radius 2 is 1.80 bits per heavy atom. The van der Waals surface area contributed by atoms with E-state index >= 15 is 0 Å². The zero-order valence-electron chi connectivity index (χ0n) is 10.1. The number of rotatable bonds is 6. The van der Waals surface area contributed by atoms with E-state index in [2.05, 4.69) is 38.8 Å². The first kappa shape index (κ1) is 12.0. The highest BCUT2D eigenvalue weighted by atomic mass is 15.3. The molecule has 0 spiro atoms. The molecular weight excluding hydrogens is 190 g/mol. The summed E-state index contributed by atoms with van der Waals surface area (Å²) < 4.78 is 0. The predicted molar refractivity (Wildman–Crippen MR) is 62.2 cm³/mol. The van der Waals surface area contributed by atoms with E-state index in [9.17, 15) is 0 Å². The first-order valence-corrected chi connectivity index (χ1v) is 5.50. The van der Waals surface area contributed by atoms with Crippen LogP contribution in [0.2, 0.25) is 0 Å². The van der Waals surface area contributed by atoms with Crippen LogP contribution in [0.5, 0.6) is 0 Å². The van der Waals surface area contributed by atoms with Crippen LogP contribution < -0.4 is 4.90 Å². The molecule has 0 radical (unpaired) electrons. The monoisotopic (exact) mass is 211 g/mol. The molecule has 1 N–H and O–H groups in total. The first-order valence-electron chi connectivity index (χ1n) is 5.50. The minimum absolute atomic E-state index is 0.847. The van der Waals surface area contributed by atoms with Gasteiger partial charge in [-0.3, -0.25) is 0 Å². The minimum Gasteiger partial charge on any atom is -0.343 e. The number of likely N-dealkylation sites (N-methyl/N-ethyl adjacent to an activating group) is 2. The number of H-pyrrole nitrogens is 1. The fraction of sp³-hybridized carbons (Fsp3) is 0.800. The molecule has 0 unspecified atom stereocenters. The zero-order chi connectivity index (χ0) is 11.3. The first-order chi connectivity index (χ1) is 7.17. The number of aromatic amines is 1. The van der Waals surface area contributed by atoms with Gasteiger partial charge in [0.1, 0.15) is 5.82 Å². The molecule has 0 amide bonds. The van der Waals surface area contributed by atoms with E-state index in [1.165, 1.54) is 0 Å². The molecule has 1 heterocycles. The molecule has 86 valence electrons. The lowest BCUT2D eigenvalue weighted by Gasteiger charge is -2.22. The van der Waals surface area contributed by atoms with E-state index in [4.69, 9.17) is 0 Å². The summed E-state index contributed by atoms with van der Waals surface area (Å²) in [5.74, 6) is 1.71. The average molecular weight is 211 g/mol. The van der Waals surface area contributed by atoms with E-state index < -0.39 is 0 Å². The van der Waals surface area contributed by atoms with Gasteiger partial charge >= 0.3 is 0 Å². The molecule has 0 atom stereocenters. The normalized spacial score (nSPS) is 11.0. The van der Waals surface area contributed by atoms with Crippen LogP contribution in [0.4, 0.5) is 5.95 Å². The Bertz CT molecular complexity index is 279. The van der Waals surface area contributed by atoms with Crippen molar-refractivity contribution in [1.29, 1.82) is 0 Å². The maximum atomic E-state index is 4.05. The van der Waals surface area contributed by atoms with Crippen LogP contribution >= 0.6 is 0 Å². The fourth-order valence-corrected chi connectivity index (χ4v) is 1.44. The zero-order valence-corrected chi connectivity index (χ0v) is 10.1. The Morgan fingerprint density at radius 3 is 2.27 bits per heavy atom. The van der Waals surface area contributed by atoms with Crippen LogP contribution in [0.15, 0.2) is 0 Å². The topological polar surface area (TPSA) is 48.1 Å². The summed E-state index contributed by atoms with van der Waals surface area (Å²) in [6.45, 7) is 10.5. The molecule has 5 heteroatoms. The van der Waals surface area contributed by atoms with Crippen LogP contribution in [0.3, 0.4) is 0 Å². The Balaban J connectivity index is 2.39. The van der Waals surface area contributed by atoms with Gasteiger partial charge in [-0.25, -0.2) is 0 Å². The SMILES string of the molecule is CCN(CC)CCN(C)c1nnc(C)[nH]1. The second-order valence-electron chi connectivity index (χ2n) is 3.68. The fourth-order valence-electron chi connectivity index (χ4n) is 1.44. The molecule has 1 aromatic heterocycles. The van der Waals surface area contributed by atoms with Crippen molar-refractivity contribution in [1.82, 2.24) is 20.1 Å². The Kier molecular flexibility index (Phi) is 4.55. The van der Waals surface area contributed by atoms with Gasteiger partial charge in [0.15, 0.2) is 0 Å². The van der Waals surface area contributed by atoms with Gasteiger partial charge in [-0.1, -0.05) is 13.8 Å². The number of nitrogens with one attached hydrogen (secondary N) is 1. The summed E-state index contributed by atoms with van der Waals surface area (Å²) in [7, 11) is 2.03. The van der Waals surface area contributed by atoms with Gasteiger partial charge < -0.3 is 14.8 Å². The van der Waals surface area contributed by atoms with Crippen LogP contribution in [0.25, 0.3) is 0 Å². The predicted octanol–water partition coefficient (Wildman–Crippen LogP) is 0.891. The average Bonchev–Trinajstić information content (AvgIpc) is 2.66. The summed E-state index contributed by atoms with van der Waals surface area (Å²) in [5, 5.41) is 7.99. The van der Waals surface area contributed by atoms with Crippen molar-refractivity contribution < 1.29 is 0 Å². The van der Waals surface area contributed by atoms with Crippen molar-refractivity contribution >= 4 is 5.95 Å². The molecular formula is C10H21N5. The number of nitrogens with zero attached hydrogens (tertiary/aromatic N) is 4. The number of aromatic nitrogens is 3. The molecule has 0 aliphatic carbocycles. The number of anilines is 1. The van der Waals surface area contributed by atoms with Gasteiger partial charge in [-0.2, -0.15) is 0 Å². The molecule has 15 heavy (non-hydrogen) atoms. The van der Waals surface area contributed by atoms with Gasteiger partial charge in [0.05, 0.1) is 0 Å². The Hall–Kier alpha value is -1.10. The number of hydrogen-bond donors (Lipinski definition) is 1. The van der Waals surface area contributed by atoms with Gasteiger partial charge in [-0.15, -0.1) is 10.2 Å². The Morgan fingerprint density at radius 1 is 1.13 bits per heavy atom. The number of aryl methyl sites for hydroxylation is 1. The van der Waals surface area contributed by atoms with E-state index in [0.717, 1.165) is 38.0 Å². The molecule has 0 saturated heterocycles. The molecule has 0 bridgehead atoms. The van der Waals surface area contributed by atoms with Crippen molar-refractivity contribution in [3.63, 3.8) is 0 Å². The lowest BCUT2D eigenvalue weighted by Crippen LogP contribution is -2.33. The summed E-state index contributed by atoms with van der Waals surface area (Å²) in [4.78, 5) is 7.60. The summed E-state index contributed by atoms with van der Waals surface area (Å²) in [6, 6.07) is 0. The molecule has 0 aliphatic heterocycles. The van der Waals surface area contributed by atoms with E-state index in [-0.39, 0.29) is 0 Å². The highest BCUT2D eigenvalue weighted by Crippen LogP contribution is 2.03. The summed E-state index contributed by atoms with van der Waals surface area (Å²) in [6.07, 6.45) is 0. The Labute approximate surface area is 91.5 Å². The van der Waals surface area contributed by atoms with Crippen molar-refractivity contribution in [2.45, 2.75) is 20.8 Å². The maximum Gasteiger partial charge on any atom is 0.224 e. The van der Waals surface area contributed by atoms with Crippen LogP contribution in [0.1, 0.15) is 19.7 Å². The van der Waals surface area contributed by atoms with E-state index in [1.54, 1.807) is 0 Å². The van der Waals surface area contributed by atoms with Gasteiger partial charge in [0.2, 0.25) is 5.95 Å². The van der Waals surface area contributed by atoms with Crippen molar-refractivity contribution in [2.75, 3.05) is 38.1 Å². The third-order valence-corrected chi connectivity index (χ3v) is 2.60.